The molecular formula is C16H36N4. The van der Waals surface area contributed by atoms with Crippen molar-refractivity contribution in [3.8, 4) is 0 Å². The number of hydrogen-bond donors (Lipinski definition) is 1. The molecule has 1 aliphatic heterocycles. The van der Waals surface area contributed by atoms with Crippen molar-refractivity contribution in [3.05, 3.63) is 0 Å². The maximum atomic E-state index is 6.19. The topological polar surface area (TPSA) is 35.7 Å². The molecule has 0 saturated carbocycles. The van der Waals surface area contributed by atoms with Crippen molar-refractivity contribution in [1.82, 2.24) is 14.7 Å². The zero-order valence-corrected chi connectivity index (χ0v) is 14.4. The minimum Gasteiger partial charge on any atom is -0.329 e. The van der Waals surface area contributed by atoms with Gasteiger partial charge in [0.15, 0.2) is 0 Å². The molecule has 0 aromatic rings. The van der Waals surface area contributed by atoms with Gasteiger partial charge in [-0.3, -0.25) is 4.90 Å². The van der Waals surface area contributed by atoms with Crippen LogP contribution in [0.2, 0.25) is 0 Å². The summed E-state index contributed by atoms with van der Waals surface area (Å²) in [6.07, 6.45) is 4.94. The first-order chi connectivity index (χ1) is 9.41. The van der Waals surface area contributed by atoms with Crippen LogP contribution in [0.4, 0.5) is 0 Å². The molecular weight excluding hydrogens is 248 g/mol. The Bertz CT molecular complexity index is 267. The predicted molar refractivity (Wildman–Crippen MR) is 88.1 cm³/mol. The maximum absolute atomic E-state index is 6.19. The summed E-state index contributed by atoms with van der Waals surface area (Å²) in [4.78, 5) is 7.40. The largest absolute Gasteiger partial charge is 0.329 e. The van der Waals surface area contributed by atoms with Gasteiger partial charge in [0, 0.05) is 24.7 Å². The minimum atomic E-state index is 0.218. The summed E-state index contributed by atoms with van der Waals surface area (Å²) in [6, 6.07) is 0.655. The highest BCUT2D eigenvalue weighted by atomic mass is 15.2. The molecule has 0 amide bonds. The number of rotatable bonds is 7. The lowest BCUT2D eigenvalue weighted by molar-refractivity contribution is 0.101. The standard InChI is InChI=1S/C16H36N4/c1-15(2)20-12-6-8-16(14-17,9-13-20)19(5)11-7-10-18(3)4/h15H,6-14,17H2,1-5H3. The number of hydrogen-bond acceptors (Lipinski definition) is 4. The second-order valence-corrected chi connectivity index (χ2v) is 6.99. The summed E-state index contributed by atoms with van der Waals surface area (Å²) in [5, 5.41) is 0. The minimum absolute atomic E-state index is 0.218. The molecule has 1 heterocycles. The van der Waals surface area contributed by atoms with E-state index in [0.717, 1.165) is 19.6 Å². The molecule has 0 bridgehead atoms. The van der Waals surface area contributed by atoms with Crippen LogP contribution >= 0.6 is 0 Å². The van der Waals surface area contributed by atoms with Gasteiger partial charge in [0.25, 0.3) is 0 Å². The van der Waals surface area contributed by atoms with Crippen LogP contribution in [0.15, 0.2) is 0 Å². The molecule has 1 rings (SSSR count). The Hall–Kier alpha value is -0.160. The first-order valence-electron chi connectivity index (χ1n) is 8.21. The zero-order valence-electron chi connectivity index (χ0n) is 14.4. The zero-order chi connectivity index (χ0) is 15.2. The normalized spacial score (nSPS) is 25.6. The fourth-order valence-electron chi connectivity index (χ4n) is 3.32. The number of nitrogens with zero attached hydrogens (tertiary/aromatic N) is 3. The molecule has 1 saturated heterocycles. The highest BCUT2D eigenvalue weighted by Crippen LogP contribution is 2.28. The van der Waals surface area contributed by atoms with E-state index in [1.807, 2.05) is 0 Å². The smallest absolute Gasteiger partial charge is 0.0341 e. The van der Waals surface area contributed by atoms with E-state index in [1.54, 1.807) is 0 Å². The van der Waals surface area contributed by atoms with E-state index >= 15 is 0 Å². The van der Waals surface area contributed by atoms with E-state index in [2.05, 4.69) is 49.7 Å². The van der Waals surface area contributed by atoms with Crippen LogP contribution in [-0.4, -0.2) is 80.1 Å². The van der Waals surface area contributed by atoms with Crippen molar-refractivity contribution in [2.45, 2.75) is 51.1 Å². The summed E-state index contributed by atoms with van der Waals surface area (Å²) < 4.78 is 0. The first-order valence-corrected chi connectivity index (χ1v) is 8.21. The molecule has 0 radical (unpaired) electrons. The number of likely N-dealkylation sites (tertiary alicyclic amines) is 1. The van der Waals surface area contributed by atoms with Crippen molar-refractivity contribution < 1.29 is 0 Å². The Morgan fingerprint density at radius 3 is 2.35 bits per heavy atom. The second kappa shape index (κ2) is 8.32. The van der Waals surface area contributed by atoms with Crippen LogP contribution in [0.1, 0.15) is 39.5 Å². The van der Waals surface area contributed by atoms with Crippen molar-refractivity contribution in [2.75, 3.05) is 53.9 Å². The van der Waals surface area contributed by atoms with Gasteiger partial charge in [0.05, 0.1) is 0 Å². The Morgan fingerprint density at radius 2 is 1.80 bits per heavy atom. The van der Waals surface area contributed by atoms with E-state index in [9.17, 15) is 0 Å². The van der Waals surface area contributed by atoms with Crippen molar-refractivity contribution in [2.24, 2.45) is 5.73 Å². The molecule has 4 nitrogen and oxygen atoms in total. The highest BCUT2D eigenvalue weighted by molar-refractivity contribution is 4.93. The van der Waals surface area contributed by atoms with Crippen molar-refractivity contribution >= 4 is 0 Å². The molecule has 1 aliphatic rings. The van der Waals surface area contributed by atoms with E-state index in [1.165, 1.54) is 38.8 Å². The van der Waals surface area contributed by atoms with Gasteiger partial charge in [-0.05, 0) is 80.3 Å². The number of nitrogens with two attached hydrogens (primary N) is 1. The second-order valence-electron chi connectivity index (χ2n) is 6.99. The Kier molecular flexibility index (Phi) is 7.45. The van der Waals surface area contributed by atoms with Crippen LogP contribution in [0, 0.1) is 0 Å². The van der Waals surface area contributed by atoms with Crippen LogP contribution in [0.5, 0.6) is 0 Å². The van der Waals surface area contributed by atoms with E-state index in [-0.39, 0.29) is 5.54 Å². The Morgan fingerprint density at radius 1 is 1.10 bits per heavy atom. The average molecular weight is 284 g/mol. The van der Waals surface area contributed by atoms with Gasteiger partial charge < -0.3 is 15.5 Å². The monoisotopic (exact) mass is 284 g/mol. The average Bonchev–Trinajstić information content (AvgIpc) is 2.61. The summed E-state index contributed by atoms with van der Waals surface area (Å²) >= 11 is 0. The van der Waals surface area contributed by atoms with E-state index in [0.29, 0.717) is 6.04 Å². The molecule has 120 valence electrons. The summed E-state index contributed by atoms with van der Waals surface area (Å²) in [5.74, 6) is 0. The first kappa shape index (κ1) is 17.9. The molecule has 2 N–H and O–H groups in total. The molecule has 0 aromatic carbocycles. The van der Waals surface area contributed by atoms with Crippen molar-refractivity contribution in [3.63, 3.8) is 0 Å². The van der Waals surface area contributed by atoms with Gasteiger partial charge in [-0.2, -0.15) is 0 Å². The molecule has 1 atom stereocenters. The highest BCUT2D eigenvalue weighted by Gasteiger charge is 2.35. The van der Waals surface area contributed by atoms with Crippen LogP contribution in [-0.2, 0) is 0 Å². The lowest BCUT2D eigenvalue weighted by Gasteiger charge is -2.41. The number of likely N-dealkylation sites (N-methyl/N-ethyl adjacent to an activating group) is 1. The van der Waals surface area contributed by atoms with Crippen LogP contribution in [0.3, 0.4) is 0 Å². The quantitative estimate of drug-likeness (QED) is 0.768. The molecule has 20 heavy (non-hydrogen) atoms. The Labute approximate surface area is 126 Å². The SMILES string of the molecule is CC(C)N1CCCC(CN)(N(C)CCCN(C)C)CC1. The molecule has 0 aliphatic carbocycles. The van der Waals surface area contributed by atoms with Gasteiger partial charge in [0.1, 0.15) is 0 Å². The summed E-state index contributed by atoms with van der Waals surface area (Å²) in [7, 11) is 6.56. The molecule has 1 fully saturated rings. The summed E-state index contributed by atoms with van der Waals surface area (Å²) in [6.45, 7) is 10.1. The van der Waals surface area contributed by atoms with Crippen molar-refractivity contribution in [1.29, 1.82) is 0 Å². The lowest BCUT2D eigenvalue weighted by Crippen LogP contribution is -2.53. The fraction of sp³-hybridized carbons (Fsp3) is 1.00. The molecule has 1 unspecified atom stereocenters. The van der Waals surface area contributed by atoms with Crippen LogP contribution in [0.25, 0.3) is 0 Å². The van der Waals surface area contributed by atoms with Crippen LogP contribution < -0.4 is 5.73 Å². The summed E-state index contributed by atoms with van der Waals surface area (Å²) in [5.41, 5.74) is 6.41. The van der Waals surface area contributed by atoms with E-state index < -0.39 is 0 Å². The third-order valence-corrected chi connectivity index (χ3v) is 4.97. The molecule has 0 aromatic heterocycles. The van der Waals surface area contributed by atoms with Gasteiger partial charge in [-0.1, -0.05) is 0 Å². The van der Waals surface area contributed by atoms with Gasteiger partial charge >= 0.3 is 0 Å². The fourth-order valence-corrected chi connectivity index (χ4v) is 3.32. The van der Waals surface area contributed by atoms with Gasteiger partial charge in [-0.15, -0.1) is 0 Å². The molecule has 4 heteroatoms. The lowest BCUT2D eigenvalue weighted by atomic mass is 9.88. The third kappa shape index (κ3) is 4.99. The predicted octanol–water partition coefficient (Wildman–Crippen LogP) is 1.46. The maximum Gasteiger partial charge on any atom is 0.0341 e. The Balaban J connectivity index is 2.57. The van der Waals surface area contributed by atoms with E-state index in [4.69, 9.17) is 5.73 Å². The van der Waals surface area contributed by atoms with Gasteiger partial charge in [0.2, 0.25) is 0 Å². The van der Waals surface area contributed by atoms with Gasteiger partial charge in [-0.25, -0.2) is 0 Å². The molecule has 0 spiro atoms. The third-order valence-electron chi connectivity index (χ3n) is 4.97.